The monoisotopic (exact) mass is 546 g/mol. The number of alkyl halides is 3. The fourth-order valence-corrected chi connectivity index (χ4v) is 3.81. The maximum atomic E-state index is 14.4. The van der Waals surface area contributed by atoms with E-state index in [0.29, 0.717) is 5.52 Å². The summed E-state index contributed by atoms with van der Waals surface area (Å²) in [7, 11) is 0. The SMILES string of the molecule is CCOc1c(CC(N)=O)cc([C@@](O)(CNC(=O)c2nc3ncccc3[nH]2)C(F)(F)F)nc1-c1ccc(F)cc1. The predicted molar refractivity (Wildman–Crippen MR) is 130 cm³/mol. The summed E-state index contributed by atoms with van der Waals surface area (Å²) in [4.78, 5) is 38.9. The summed E-state index contributed by atoms with van der Waals surface area (Å²) in [6.07, 6.45) is -4.47. The van der Waals surface area contributed by atoms with Crippen LogP contribution in [0.4, 0.5) is 17.6 Å². The number of H-pyrrole nitrogens is 1. The van der Waals surface area contributed by atoms with Gasteiger partial charge in [-0.3, -0.25) is 9.59 Å². The molecular weight excluding hydrogens is 524 g/mol. The fraction of sp³-hybridized carbons (Fsp3) is 0.240. The molecule has 0 bridgehead atoms. The van der Waals surface area contributed by atoms with Gasteiger partial charge in [0, 0.05) is 17.3 Å². The molecule has 1 aromatic carbocycles. The van der Waals surface area contributed by atoms with Crippen LogP contribution in [-0.2, 0) is 16.8 Å². The second-order valence-electron chi connectivity index (χ2n) is 8.43. The van der Waals surface area contributed by atoms with Crippen LogP contribution >= 0.6 is 0 Å². The van der Waals surface area contributed by atoms with Crippen molar-refractivity contribution in [3.63, 3.8) is 0 Å². The van der Waals surface area contributed by atoms with Crippen LogP contribution < -0.4 is 15.8 Å². The first-order chi connectivity index (χ1) is 18.4. The normalized spacial score (nSPS) is 13.2. The topological polar surface area (TPSA) is 156 Å². The minimum absolute atomic E-state index is 0.0485. The highest BCUT2D eigenvalue weighted by molar-refractivity contribution is 5.93. The lowest BCUT2D eigenvalue weighted by atomic mass is 9.93. The zero-order chi connectivity index (χ0) is 28.4. The van der Waals surface area contributed by atoms with Crippen molar-refractivity contribution in [2.75, 3.05) is 13.2 Å². The van der Waals surface area contributed by atoms with E-state index in [9.17, 15) is 32.3 Å². The van der Waals surface area contributed by atoms with E-state index in [1.807, 2.05) is 5.32 Å². The predicted octanol–water partition coefficient (Wildman–Crippen LogP) is 2.77. The highest BCUT2D eigenvalue weighted by Crippen LogP contribution is 2.42. The van der Waals surface area contributed by atoms with Crippen LogP contribution in [0, 0.1) is 5.82 Å². The fourth-order valence-electron chi connectivity index (χ4n) is 3.81. The van der Waals surface area contributed by atoms with Gasteiger partial charge in [0.2, 0.25) is 11.5 Å². The van der Waals surface area contributed by atoms with E-state index in [2.05, 4.69) is 19.9 Å². The van der Waals surface area contributed by atoms with Gasteiger partial charge in [-0.05, 0) is 49.4 Å². The number of fused-ring (bicyclic) bond motifs is 1. The number of carbonyl (C=O) groups is 2. The van der Waals surface area contributed by atoms with Crippen molar-refractivity contribution in [2.24, 2.45) is 5.73 Å². The van der Waals surface area contributed by atoms with E-state index in [1.165, 1.54) is 18.3 Å². The van der Waals surface area contributed by atoms with Crippen LogP contribution in [0.3, 0.4) is 0 Å². The van der Waals surface area contributed by atoms with Gasteiger partial charge in [0.25, 0.3) is 5.91 Å². The second kappa shape index (κ2) is 10.6. The number of nitrogens with zero attached hydrogens (tertiary/aromatic N) is 3. The van der Waals surface area contributed by atoms with Gasteiger partial charge in [0.05, 0.1) is 30.8 Å². The van der Waals surface area contributed by atoms with Crippen LogP contribution in [0.15, 0.2) is 48.7 Å². The lowest BCUT2D eigenvalue weighted by molar-refractivity contribution is -0.265. The molecule has 0 aliphatic heterocycles. The van der Waals surface area contributed by atoms with Gasteiger partial charge in [-0.25, -0.2) is 19.3 Å². The summed E-state index contributed by atoms with van der Waals surface area (Å²) in [6, 6.07) is 8.61. The van der Waals surface area contributed by atoms with Crippen LogP contribution in [0.25, 0.3) is 22.4 Å². The van der Waals surface area contributed by atoms with Crippen molar-refractivity contribution in [1.82, 2.24) is 25.3 Å². The largest absolute Gasteiger partial charge is 0.491 e. The Bertz CT molecular complexity index is 1490. The molecule has 1 atom stereocenters. The number of rotatable bonds is 9. The summed E-state index contributed by atoms with van der Waals surface area (Å²) in [5.41, 5.74) is 1.06. The molecular formula is C25H22F4N6O4. The first kappa shape index (κ1) is 27.4. The maximum absolute atomic E-state index is 14.4. The van der Waals surface area contributed by atoms with Gasteiger partial charge in [-0.2, -0.15) is 13.2 Å². The molecule has 0 saturated carbocycles. The van der Waals surface area contributed by atoms with E-state index < -0.39 is 48.1 Å². The van der Waals surface area contributed by atoms with Gasteiger partial charge in [0.1, 0.15) is 17.3 Å². The number of nitrogens with two attached hydrogens (primary N) is 1. The Labute approximate surface area is 218 Å². The van der Waals surface area contributed by atoms with Gasteiger partial charge in [0.15, 0.2) is 11.5 Å². The number of hydrogen-bond acceptors (Lipinski definition) is 7. The Morgan fingerprint density at radius 2 is 1.87 bits per heavy atom. The van der Waals surface area contributed by atoms with Crippen LogP contribution in [0.2, 0.25) is 0 Å². The number of imidazole rings is 1. The highest BCUT2D eigenvalue weighted by Gasteiger charge is 2.56. The lowest BCUT2D eigenvalue weighted by Crippen LogP contribution is -2.51. The summed E-state index contributed by atoms with van der Waals surface area (Å²) in [5, 5.41) is 13.0. The lowest BCUT2D eigenvalue weighted by Gasteiger charge is -2.31. The number of aromatic amines is 1. The molecule has 0 aliphatic rings. The van der Waals surface area contributed by atoms with Crippen molar-refractivity contribution >= 4 is 23.0 Å². The number of amides is 2. The molecule has 0 fully saturated rings. The average molecular weight is 546 g/mol. The molecule has 14 heteroatoms. The number of ether oxygens (including phenoxy) is 1. The van der Waals surface area contributed by atoms with Crippen LogP contribution in [0.1, 0.15) is 28.8 Å². The Morgan fingerprint density at radius 3 is 2.49 bits per heavy atom. The van der Waals surface area contributed by atoms with Crippen molar-refractivity contribution in [3.8, 4) is 17.0 Å². The molecule has 0 spiro atoms. The molecule has 10 nitrogen and oxygen atoms in total. The summed E-state index contributed by atoms with van der Waals surface area (Å²) in [6.45, 7) is 0.290. The zero-order valence-corrected chi connectivity index (χ0v) is 20.3. The molecule has 5 N–H and O–H groups in total. The van der Waals surface area contributed by atoms with Gasteiger partial charge in [-0.1, -0.05) is 0 Å². The van der Waals surface area contributed by atoms with Gasteiger partial charge < -0.3 is 25.9 Å². The Balaban J connectivity index is 1.79. The molecule has 0 aliphatic carbocycles. The van der Waals surface area contributed by atoms with Crippen molar-refractivity contribution in [1.29, 1.82) is 0 Å². The molecule has 204 valence electrons. The number of pyridine rings is 2. The van der Waals surface area contributed by atoms with E-state index in [1.54, 1.807) is 19.1 Å². The van der Waals surface area contributed by atoms with Crippen LogP contribution in [-0.4, -0.2) is 56.2 Å². The Kier molecular flexibility index (Phi) is 7.49. The van der Waals surface area contributed by atoms with Gasteiger partial charge >= 0.3 is 6.18 Å². The number of hydrogen-bond donors (Lipinski definition) is 4. The number of halogens is 4. The molecule has 4 rings (SSSR count). The smallest absolute Gasteiger partial charge is 0.424 e. The van der Waals surface area contributed by atoms with Crippen molar-refractivity contribution in [2.45, 2.75) is 25.1 Å². The number of aliphatic hydroxyl groups is 1. The average Bonchev–Trinajstić information content (AvgIpc) is 3.32. The highest BCUT2D eigenvalue weighted by atomic mass is 19.4. The third kappa shape index (κ3) is 5.65. The summed E-state index contributed by atoms with van der Waals surface area (Å²) in [5.74, 6) is -2.93. The van der Waals surface area contributed by atoms with Crippen molar-refractivity contribution < 1.29 is 37.0 Å². The number of carbonyl (C=O) groups excluding carboxylic acids is 2. The maximum Gasteiger partial charge on any atom is 0.424 e. The third-order valence-corrected chi connectivity index (χ3v) is 5.69. The Hall–Kier alpha value is -4.59. The van der Waals surface area contributed by atoms with E-state index in [-0.39, 0.29) is 40.6 Å². The molecule has 2 amide bonds. The summed E-state index contributed by atoms with van der Waals surface area (Å²) < 4.78 is 62.3. The molecule has 3 heterocycles. The number of primary amides is 1. The quantitative estimate of drug-likeness (QED) is 0.235. The first-order valence-corrected chi connectivity index (χ1v) is 11.5. The number of benzene rings is 1. The first-order valence-electron chi connectivity index (χ1n) is 11.5. The standard InChI is InChI=1S/C25H22F4N6O4/c1-2-39-20-14(11-18(30)36)10-17(34-19(20)13-5-7-15(26)8-6-13)24(38,25(27,28)29)12-32-23(37)22-33-16-4-3-9-31-21(16)35-22/h3-10,38H,2,11-12H2,1H3,(H2,30,36)(H,32,37)(H,31,33,35)/t24-/m0/s1. The van der Waals surface area contributed by atoms with Crippen LogP contribution in [0.5, 0.6) is 5.75 Å². The minimum Gasteiger partial charge on any atom is -0.491 e. The molecule has 3 aromatic heterocycles. The number of aromatic nitrogens is 4. The second-order valence-corrected chi connectivity index (χ2v) is 8.43. The summed E-state index contributed by atoms with van der Waals surface area (Å²) >= 11 is 0. The Morgan fingerprint density at radius 1 is 1.15 bits per heavy atom. The van der Waals surface area contributed by atoms with Crippen molar-refractivity contribution in [3.05, 3.63) is 71.6 Å². The zero-order valence-electron chi connectivity index (χ0n) is 20.3. The molecule has 39 heavy (non-hydrogen) atoms. The van der Waals surface area contributed by atoms with E-state index >= 15 is 0 Å². The van der Waals surface area contributed by atoms with Gasteiger partial charge in [-0.15, -0.1) is 0 Å². The minimum atomic E-state index is -5.35. The molecule has 0 saturated heterocycles. The molecule has 0 unspecified atom stereocenters. The van der Waals surface area contributed by atoms with E-state index in [4.69, 9.17) is 10.5 Å². The molecule has 4 aromatic rings. The molecule has 0 radical (unpaired) electrons. The third-order valence-electron chi connectivity index (χ3n) is 5.69. The van der Waals surface area contributed by atoms with E-state index in [0.717, 1.165) is 18.2 Å². The number of nitrogens with one attached hydrogen (secondary N) is 2.